The summed E-state index contributed by atoms with van der Waals surface area (Å²) in [6, 6.07) is 0. The maximum atomic E-state index is 5.41. The standard InChI is InChI=1S/C8H14N2O/c1-3-7-6(2)10-8(11-7)4-5-9/h3-5,9H2,1-2H3. The van der Waals surface area contributed by atoms with Gasteiger partial charge in [-0.1, -0.05) is 6.92 Å². The molecule has 0 aliphatic rings. The van der Waals surface area contributed by atoms with Crippen molar-refractivity contribution in [3.05, 3.63) is 17.3 Å². The third-order valence-electron chi connectivity index (χ3n) is 1.62. The van der Waals surface area contributed by atoms with Gasteiger partial charge in [-0.3, -0.25) is 0 Å². The molecule has 0 aliphatic carbocycles. The molecule has 0 saturated carbocycles. The number of hydrogen-bond acceptors (Lipinski definition) is 3. The van der Waals surface area contributed by atoms with Crippen LogP contribution in [0.5, 0.6) is 0 Å². The molecule has 0 fully saturated rings. The van der Waals surface area contributed by atoms with Crippen LogP contribution in [0, 0.1) is 6.92 Å². The fraction of sp³-hybridized carbons (Fsp3) is 0.625. The van der Waals surface area contributed by atoms with Crippen LogP contribution < -0.4 is 5.73 Å². The van der Waals surface area contributed by atoms with Gasteiger partial charge in [-0.2, -0.15) is 0 Å². The van der Waals surface area contributed by atoms with Gasteiger partial charge in [-0.15, -0.1) is 0 Å². The molecule has 1 aromatic heterocycles. The minimum atomic E-state index is 0.600. The fourth-order valence-electron chi connectivity index (χ4n) is 1.05. The summed E-state index contributed by atoms with van der Waals surface area (Å²) in [6.07, 6.45) is 1.64. The summed E-state index contributed by atoms with van der Waals surface area (Å²) in [5.74, 6) is 1.75. The summed E-state index contributed by atoms with van der Waals surface area (Å²) in [7, 11) is 0. The van der Waals surface area contributed by atoms with E-state index in [0.29, 0.717) is 6.54 Å². The number of hydrogen-bond donors (Lipinski definition) is 1. The number of aromatic nitrogens is 1. The van der Waals surface area contributed by atoms with E-state index in [9.17, 15) is 0 Å². The van der Waals surface area contributed by atoms with Crippen LogP contribution in [-0.2, 0) is 12.8 Å². The zero-order valence-electron chi connectivity index (χ0n) is 7.05. The number of rotatable bonds is 3. The molecule has 3 nitrogen and oxygen atoms in total. The molecule has 1 aromatic rings. The van der Waals surface area contributed by atoms with Crippen LogP contribution in [0.15, 0.2) is 4.42 Å². The lowest BCUT2D eigenvalue weighted by atomic mass is 10.3. The highest BCUT2D eigenvalue weighted by atomic mass is 16.4. The van der Waals surface area contributed by atoms with Crippen molar-refractivity contribution in [2.24, 2.45) is 5.73 Å². The Labute approximate surface area is 66.6 Å². The van der Waals surface area contributed by atoms with Gasteiger partial charge in [0.25, 0.3) is 0 Å². The lowest BCUT2D eigenvalue weighted by Gasteiger charge is -1.88. The molecule has 0 unspecified atom stereocenters. The molecule has 0 aromatic carbocycles. The van der Waals surface area contributed by atoms with Crippen molar-refractivity contribution < 1.29 is 4.42 Å². The SMILES string of the molecule is CCc1oc(CCN)nc1C. The maximum absolute atomic E-state index is 5.41. The third-order valence-corrected chi connectivity index (χ3v) is 1.62. The van der Waals surface area contributed by atoms with E-state index in [-0.39, 0.29) is 0 Å². The second-order valence-corrected chi connectivity index (χ2v) is 2.51. The summed E-state index contributed by atoms with van der Waals surface area (Å²) in [5, 5.41) is 0. The van der Waals surface area contributed by atoms with Crippen molar-refractivity contribution in [2.75, 3.05) is 6.54 Å². The molecule has 0 radical (unpaired) electrons. The first kappa shape index (κ1) is 8.27. The van der Waals surface area contributed by atoms with Crippen LogP contribution in [0.3, 0.4) is 0 Å². The Balaban J connectivity index is 2.77. The Bertz CT molecular complexity index is 230. The van der Waals surface area contributed by atoms with E-state index in [1.165, 1.54) is 0 Å². The van der Waals surface area contributed by atoms with E-state index in [2.05, 4.69) is 11.9 Å². The summed E-state index contributed by atoms with van der Waals surface area (Å²) in [6.45, 7) is 4.62. The largest absolute Gasteiger partial charge is 0.445 e. The van der Waals surface area contributed by atoms with Gasteiger partial charge in [-0.05, 0) is 6.92 Å². The predicted octanol–water partition coefficient (Wildman–Crippen LogP) is 1.05. The Morgan fingerprint density at radius 2 is 2.27 bits per heavy atom. The summed E-state index contributed by atoms with van der Waals surface area (Å²) < 4.78 is 5.41. The van der Waals surface area contributed by atoms with E-state index in [1.54, 1.807) is 0 Å². The second-order valence-electron chi connectivity index (χ2n) is 2.51. The molecule has 62 valence electrons. The van der Waals surface area contributed by atoms with Crippen molar-refractivity contribution in [1.82, 2.24) is 4.98 Å². The van der Waals surface area contributed by atoms with Gasteiger partial charge < -0.3 is 10.2 Å². The highest BCUT2D eigenvalue weighted by Crippen LogP contribution is 2.10. The van der Waals surface area contributed by atoms with Gasteiger partial charge in [0.15, 0.2) is 5.89 Å². The maximum Gasteiger partial charge on any atom is 0.195 e. The van der Waals surface area contributed by atoms with Gasteiger partial charge in [-0.25, -0.2) is 4.98 Å². The molecule has 0 amide bonds. The van der Waals surface area contributed by atoms with E-state index in [0.717, 1.165) is 30.2 Å². The lowest BCUT2D eigenvalue weighted by Crippen LogP contribution is -2.02. The van der Waals surface area contributed by atoms with Gasteiger partial charge in [0.05, 0.1) is 5.69 Å². The average Bonchev–Trinajstić information content (AvgIpc) is 2.32. The minimum absolute atomic E-state index is 0.600. The van der Waals surface area contributed by atoms with E-state index >= 15 is 0 Å². The molecule has 0 aliphatic heterocycles. The summed E-state index contributed by atoms with van der Waals surface area (Å²) in [5.41, 5.74) is 6.36. The molecule has 0 bridgehead atoms. The summed E-state index contributed by atoms with van der Waals surface area (Å²) in [4.78, 5) is 4.22. The Morgan fingerprint density at radius 3 is 2.73 bits per heavy atom. The van der Waals surface area contributed by atoms with E-state index in [4.69, 9.17) is 10.2 Å². The van der Waals surface area contributed by atoms with Crippen LogP contribution in [0.1, 0.15) is 24.3 Å². The Kier molecular flexibility index (Phi) is 2.65. The quantitative estimate of drug-likeness (QED) is 0.707. The van der Waals surface area contributed by atoms with E-state index in [1.807, 2.05) is 6.92 Å². The van der Waals surface area contributed by atoms with Gasteiger partial charge in [0, 0.05) is 19.4 Å². The van der Waals surface area contributed by atoms with Crippen LogP contribution >= 0.6 is 0 Å². The zero-order valence-corrected chi connectivity index (χ0v) is 7.05. The van der Waals surface area contributed by atoms with Crippen LogP contribution in [-0.4, -0.2) is 11.5 Å². The number of nitrogens with two attached hydrogens (primary N) is 1. The fourth-order valence-corrected chi connectivity index (χ4v) is 1.05. The first-order chi connectivity index (χ1) is 5.27. The molecule has 0 atom stereocenters. The molecule has 1 heterocycles. The van der Waals surface area contributed by atoms with Gasteiger partial charge in [0.2, 0.25) is 0 Å². The highest BCUT2D eigenvalue weighted by Gasteiger charge is 2.05. The van der Waals surface area contributed by atoms with Crippen molar-refractivity contribution in [3.63, 3.8) is 0 Å². The third kappa shape index (κ3) is 1.80. The molecular weight excluding hydrogens is 140 g/mol. The molecule has 3 heteroatoms. The van der Waals surface area contributed by atoms with Gasteiger partial charge >= 0.3 is 0 Å². The second kappa shape index (κ2) is 3.53. The van der Waals surface area contributed by atoms with Crippen molar-refractivity contribution >= 4 is 0 Å². The minimum Gasteiger partial charge on any atom is -0.445 e. The molecular formula is C8H14N2O. The molecule has 0 saturated heterocycles. The van der Waals surface area contributed by atoms with Crippen LogP contribution in [0.2, 0.25) is 0 Å². The molecule has 2 N–H and O–H groups in total. The first-order valence-corrected chi connectivity index (χ1v) is 3.93. The molecule has 11 heavy (non-hydrogen) atoms. The lowest BCUT2D eigenvalue weighted by molar-refractivity contribution is 0.459. The van der Waals surface area contributed by atoms with Crippen LogP contribution in [0.25, 0.3) is 0 Å². The van der Waals surface area contributed by atoms with Crippen molar-refractivity contribution in [3.8, 4) is 0 Å². The normalized spacial score (nSPS) is 10.5. The highest BCUT2D eigenvalue weighted by molar-refractivity contribution is 5.07. The van der Waals surface area contributed by atoms with E-state index < -0.39 is 0 Å². The van der Waals surface area contributed by atoms with Crippen molar-refractivity contribution in [1.29, 1.82) is 0 Å². The monoisotopic (exact) mass is 154 g/mol. The number of oxazole rings is 1. The summed E-state index contributed by atoms with van der Waals surface area (Å²) >= 11 is 0. The van der Waals surface area contributed by atoms with Crippen LogP contribution in [0.4, 0.5) is 0 Å². The average molecular weight is 154 g/mol. The predicted molar refractivity (Wildman–Crippen MR) is 43.4 cm³/mol. The van der Waals surface area contributed by atoms with Crippen molar-refractivity contribution in [2.45, 2.75) is 26.7 Å². The topological polar surface area (TPSA) is 52.0 Å². The van der Waals surface area contributed by atoms with Gasteiger partial charge in [0.1, 0.15) is 5.76 Å². The Hall–Kier alpha value is -0.830. The number of aryl methyl sites for hydroxylation is 2. The smallest absolute Gasteiger partial charge is 0.195 e. The zero-order chi connectivity index (χ0) is 8.27. The Morgan fingerprint density at radius 1 is 1.55 bits per heavy atom. The first-order valence-electron chi connectivity index (χ1n) is 3.93. The molecule has 0 spiro atoms. The molecule has 1 rings (SSSR count). The number of nitrogens with zero attached hydrogens (tertiary/aromatic N) is 1.